The first kappa shape index (κ1) is 21.5. The Labute approximate surface area is 168 Å². The van der Waals surface area contributed by atoms with Crippen LogP contribution < -0.4 is 10.6 Å². The lowest BCUT2D eigenvalue weighted by Gasteiger charge is -2.20. The summed E-state index contributed by atoms with van der Waals surface area (Å²) in [5, 5.41) is 11.0. The number of aliphatic imine (C=N–C) groups is 1. The number of hydrogen-bond acceptors (Lipinski definition) is 2. The van der Waals surface area contributed by atoms with Gasteiger partial charge in [-0.25, -0.2) is 4.68 Å². The summed E-state index contributed by atoms with van der Waals surface area (Å²) in [5.41, 5.74) is 2.36. The summed E-state index contributed by atoms with van der Waals surface area (Å²) in [6.07, 6.45) is 4.66. The van der Waals surface area contributed by atoms with Crippen molar-refractivity contribution in [2.24, 2.45) is 10.9 Å². The van der Waals surface area contributed by atoms with E-state index in [0.29, 0.717) is 12.0 Å². The maximum atomic E-state index is 4.68. The average Bonchev–Trinajstić information content (AvgIpc) is 3.10. The molecule has 138 valence electrons. The van der Waals surface area contributed by atoms with Gasteiger partial charge in [0.05, 0.1) is 5.69 Å². The van der Waals surface area contributed by atoms with Crippen molar-refractivity contribution in [1.82, 2.24) is 20.4 Å². The largest absolute Gasteiger partial charge is 0.357 e. The van der Waals surface area contributed by atoms with Crippen LogP contribution in [0.15, 0.2) is 47.7 Å². The van der Waals surface area contributed by atoms with Gasteiger partial charge in [-0.05, 0) is 49.9 Å². The van der Waals surface area contributed by atoms with Gasteiger partial charge in [0.15, 0.2) is 5.96 Å². The van der Waals surface area contributed by atoms with E-state index < -0.39 is 0 Å². The summed E-state index contributed by atoms with van der Waals surface area (Å²) >= 11 is 0. The van der Waals surface area contributed by atoms with Gasteiger partial charge in [-0.15, -0.1) is 24.0 Å². The summed E-state index contributed by atoms with van der Waals surface area (Å²) in [6.45, 7) is 10.3. The second-order valence-corrected chi connectivity index (χ2v) is 6.30. The normalized spacial score (nSPS) is 12.6. The lowest BCUT2D eigenvalue weighted by Crippen LogP contribution is -2.44. The van der Waals surface area contributed by atoms with Gasteiger partial charge in [0, 0.05) is 31.5 Å². The zero-order valence-corrected chi connectivity index (χ0v) is 17.9. The van der Waals surface area contributed by atoms with Crippen LogP contribution in [0.4, 0.5) is 0 Å². The Morgan fingerprint density at radius 1 is 1.20 bits per heavy atom. The zero-order valence-electron chi connectivity index (χ0n) is 15.6. The molecule has 0 aliphatic heterocycles. The van der Waals surface area contributed by atoms with E-state index in [2.05, 4.69) is 72.7 Å². The molecule has 1 heterocycles. The van der Waals surface area contributed by atoms with Crippen LogP contribution in [0.25, 0.3) is 5.69 Å². The highest BCUT2D eigenvalue weighted by Crippen LogP contribution is 2.09. The Balaban J connectivity index is 0.00000312. The summed E-state index contributed by atoms with van der Waals surface area (Å²) < 4.78 is 1.86. The molecule has 2 aromatic rings. The highest BCUT2D eigenvalue weighted by Gasteiger charge is 2.08. The zero-order chi connectivity index (χ0) is 17.4. The van der Waals surface area contributed by atoms with Crippen molar-refractivity contribution >= 4 is 29.9 Å². The molecular formula is C19H30IN5. The molecule has 5 nitrogen and oxygen atoms in total. The van der Waals surface area contributed by atoms with Crippen molar-refractivity contribution in [3.8, 4) is 5.69 Å². The number of hydrogen-bond donors (Lipinski definition) is 2. The van der Waals surface area contributed by atoms with Gasteiger partial charge >= 0.3 is 0 Å². The van der Waals surface area contributed by atoms with E-state index in [1.165, 1.54) is 5.56 Å². The highest BCUT2D eigenvalue weighted by molar-refractivity contribution is 14.0. The van der Waals surface area contributed by atoms with Crippen LogP contribution in [0.5, 0.6) is 0 Å². The number of rotatable bonds is 7. The first-order valence-corrected chi connectivity index (χ1v) is 8.74. The van der Waals surface area contributed by atoms with E-state index in [1.807, 2.05) is 16.9 Å². The molecule has 0 saturated carbocycles. The Kier molecular flexibility index (Phi) is 9.55. The van der Waals surface area contributed by atoms with Crippen LogP contribution in [0.1, 0.15) is 33.3 Å². The molecule has 6 heteroatoms. The molecule has 0 amide bonds. The molecule has 0 bridgehead atoms. The van der Waals surface area contributed by atoms with Gasteiger partial charge in [0.1, 0.15) is 0 Å². The van der Waals surface area contributed by atoms with Crippen LogP contribution in [0.3, 0.4) is 0 Å². The van der Waals surface area contributed by atoms with Crippen molar-refractivity contribution in [2.45, 2.75) is 40.2 Å². The molecule has 1 unspecified atom stereocenters. The van der Waals surface area contributed by atoms with Gasteiger partial charge in [-0.1, -0.05) is 26.0 Å². The van der Waals surface area contributed by atoms with E-state index >= 15 is 0 Å². The predicted molar refractivity (Wildman–Crippen MR) is 116 cm³/mol. The number of benzene rings is 1. The summed E-state index contributed by atoms with van der Waals surface area (Å²) in [7, 11) is 0. The number of halogens is 1. The minimum Gasteiger partial charge on any atom is -0.357 e. The van der Waals surface area contributed by atoms with Crippen molar-refractivity contribution in [3.63, 3.8) is 0 Å². The minimum atomic E-state index is 0. The van der Waals surface area contributed by atoms with Gasteiger partial charge in [0.25, 0.3) is 0 Å². The second-order valence-electron chi connectivity index (χ2n) is 6.30. The molecule has 1 atom stereocenters. The Morgan fingerprint density at radius 3 is 2.48 bits per heavy atom. The van der Waals surface area contributed by atoms with Gasteiger partial charge < -0.3 is 10.6 Å². The fourth-order valence-electron chi connectivity index (χ4n) is 2.24. The first-order chi connectivity index (χ1) is 11.6. The molecule has 0 aliphatic carbocycles. The van der Waals surface area contributed by atoms with Crippen molar-refractivity contribution in [1.29, 1.82) is 0 Å². The van der Waals surface area contributed by atoms with Crippen LogP contribution >= 0.6 is 24.0 Å². The molecule has 1 aromatic carbocycles. The number of guanidine groups is 1. The molecule has 0 radical (unpaired) electrons. The van der Waals surface area contributed by atoms with Crippen molar-refractivity contribution in [2.75, 3.05) is 13.1 Å². The van der Waals surface area contributed by atoms with Crippen molar-refractivity contribution in [3.05, 3.63) is 48.3 Å². The standard InChI is InChI=1S/C19H29N5.HI/c1-5-20-19(23-16(4)15(2)3)21-13-11-17-7-9-18(10-8-17)24-14-6-12-22-24;/h6-10,12,14-16H,5,11,13H2,1-4H3,(H2,20,21,23);1H. The monoisotopic (exact) mass is 455 g/mol. The predicted octanol–water partition coefficient (Wildman–Crippen LogP) is 3.63. The number of aromatic nitrogens is 2. The number of nitrogens with one attached hydrogen (secondary N) is 2. The lowest BCUT2D eigenvalue weighted by atomic mass is 10.1. The van der Waals surface area contributed by atoms with E-state index in [0.717, 1.165) is 31.2 Å². The second kappa shape index (κ2) is 11.1. The van der Waals surface area contributed by atoms with Crippen LogP contribution in [0.2, 0.25) is 0 Å². The maximum Gasteiger partial charge on any atom is 0.191 e. The summed E-state index contributed by atoms with van der Waals surface area (Å²) in [4.78, 5) is 4.68. The van der Waals surface area contributed by atoms with Crippen molar-refractivity contribution < 1.29 is 0 Å². The first-order valence-electron chi connectivity index (χ1n) is 8.74. The van der Waals surface area contributed by atoms with Crippen LogP contribution in [-0.2, 0) is 6.42 Å². The van der Waals surface area contributed by atoms with E-state index in [9.17, 15) is 0 Å². The molecule has 0 saturated heterocycles. The van der Waals surface area contributed by atoms with E-state index in [-0.39, 0.29) is 24.0 Å². The molecule has 0 spiro atoms. The quantitative estimate of drug-likeness (QED) is 0.381. The molecular weight excluding hydrogens is 425 g/mol. The smallest absolute Gasteiger partial charge is 0.191 e. The third-order valence-electron chi connectivity index (χ3n) is 4.08. The molecule has 2 rings (SSSR count). The molecule has 25 heavy (non-hydrogen) atoms. The topological polar surface area (TPSA) is 54.2 Å². The Hall–Kier alpha value is -1.57. The van der Waals surface area contributed by atoms with E-state index in [1.54, 1.807) is 6.20 Å². The van der Waals surface area contributed by atoms with Crippen LogP contribution in [-0.4, -0.2) is 34.9 Å². The van der Waals surface area contributed by atoms with Gasteiger partial charge in [-0.3, -0.25) is 4.99 Å². The van der Waals surface area contributed by atoms with Gasteiger partial charge in [0.2, 0.25) is 0 Å². The van der Waals surface area contributed by atoms with Crippen LogP contribution in [0, 0.1) is 5.92 Å². The third-order valence-corrected chi connectivity index (χ3v) is 4.08. The lowest BCUT2D eigenvalue weighted by molar-refractivity contribution is 0.481. The molecule has 0 aliphatic rings. The number of nitrogens with zero attached hydrogens (tertiary/aromatic N) is 3. The summed E-state index contributed by atoms with van der Waals surface area (Å²) in [6, 6.07) is 10.8. The third kappa shape index (κ3) is 7.05. The molecule has 1 aromatic heterocycles. The minimum absolute atomic E-state index is 0. The summed E-state index contributed by atoms with van der Waals surface area (Å²) in [5.74, 6) is 1.47. The molecule has 2 N–H and O–H groups in total. The molecule has 0 fully saturated rings. The van der Waals surface area contributed by atoms with Gasteiger partial charge in [-0.2, -0.15) is 5.10 Å². The Bertz CT molecular complexity index is 620. The van der Waals surface area contributed by atoms with E-state index in [4.69, 9.17) is 0 Å². The average molecular weight is 455 g/mol. The maximum absolute atomic E-state index is 4.68. The fourth-order valence-corrected chi connectivity index (χ4v) is 2.24. The fraction of sp³-hybridized carbons (Fsp3) is 0.474. The Morgan fingerprint density at radius 2 is 1.92 bits per heavy atom. The SMILES string of the molecule is CCNC(=NCCc1ccc(-n2cccn2)cc1)NC(C)C(C)C.I. The highest BCUT2D eigenvalue weighted by atomic mass is 127.